The Labute approximate surface area is 330 Å². The number of allylic oxidation sites excluding steroid dienone is 4. The summed E-state index contributed by atoms with van der Waals surface area (Å²) in [4.78, 5) is 2.43. The Kier molecular flexibility index (Phi) is 7.67. The van der Waals surface area contributed by atoms with Crippen LogP contribution in [-0.2, 0) is 10.8 Å². The lowest BCUT2D eigenvalue weighted by Crippen LogP contribution is -2.16. The van der Waals surface area contributed by atoms with E-state index in [2.05, 4.69) is 210 Å². The molecular weight excluding hydrogens is 679 g/mol. The molecule has 0 aliphatic heterocycles. The van der Waals surface area contributed by atoms with Crippen LogP contribution >= 0.6 is 0 Å². The van der Waals surface area contributed by atoms with E-state index < -0.39 is 0 Å². The van der Waals surface area contributed by atoms with Gasteiger partial charge in [-0.05, 0) is 106 Å². The lowest BCUT2D eigenvalue weighted by atomic mass is 9.82. The summed E-state index contributed by atoms with van der Waals surface area (Å²) in [5.74, 6) is 0. The van der Waals surface area contributed by atoms with Gasteiger partial charge in [0.15, 0.2) is 0 Å². The van der Waals surface area contributed by atoms with Gasteiger partial charge in [0.05, 0.1) is 5.69 Å². The summed E-state index contributed by atoms with van der Waals surface area (Å²) < 4.78 is 6.81. The minimum absolute atomic E-state index is 0.0402. The van der Waals surface area contributed by atoms with Crippen LogP contribution in [0.4, 0.5) is 17.1 Å². The minimum Gasteiger partial charge on any atom is -0.455 e. The number of nitrogens with zero attached hydrogens (tertiary/aromatic N) is 1. The van der Waals surface area contributed by atoms with E-state index in [0.717, 1.165) is 39.1 Å². The third-order valence-corrected chi connectivity index (χ3v) is 12.8. The SMILES string of the molecule is C/C=C\C1=C(C)C(C)(C)c2ccc3c(oc4cc(-c5ccc(N(c6ccc(-c7ccccc7)cc6)c6cccc7c6-c6ccccc6C7(C)C)cc5)ccc43)c21. The maximum atomic E-state index is 6.81. The summed E-state index contributed by atoms with van der Waals surface area (Å²) in [5.41, 5.74) is 20.5. The highest BCUT2D eigenvalue weighted by molar-refractivity contribution is 6.11. The van der Waals surface area contributed by atoms with E-state index in [0.29, 0.717) is 0 Å². The lowest BCUT2D eigenvalue weighted by Gasteiger charge is -2.29. The molecule has 0 saturated carbocycles. The van der Waals surface area contributed by atoms with Crippen molar-refractivity contribution in [3.8, 4) is 33.4 Å². The summed E-state index contributed by atoms with van der Waals surface area (Å²) in [6.45, 7) is 13.7. The Hall–Kier alpha value is -6.38. The van der Waals surface area contributed by atoms with E-state index in [-0.39, 0.29) is 10.8 Å². The minimum atomic E-state index is -0.0937. The summed E-state index contributed by atoms with van der Waals surface area (Å²) in [6, 6.07) is 55.6. The van der Waals surface area contributed by atoms with Gasteiger partial charge in [-0.3, -0.25) is 0 Å². The van der Waals surface area contributed by atoms with E-state index >= 15 is 0 Å². The van der Waals surface area contributed by atoms with Crippen molar-refractivity contribution in [3.05, 3.63) is 192 Å². The van der Waals surface area contributed by atoms with Crippen molar-refractivity contribution in [2.45, 2.75) is 52.4 Å². The monoisotopic (exact) mass is 723 g/mol. The second-order valence-electron chi connectivity index (χ2n) is 16.5. The molecule has 0 bridgehead atoms. The highest BCUT2D eigenvalue weighted by Crippen LogP contribution is 2.54. The Bertz CT molecular complexity index is 2900. The lowest BCUT2D eigenvalue weighted by molar-refractivity contribution is 0.634. The average molecular weight is 724 g/mol. The predicted molar refractivity (Wildman–Crippen MR) is 237 cm³/mol. The van der Waals surface area contributed by atoms with Crippen molar-refractivity contribution in [1.82, 2.24) is 0 Å². The van der Waals surface area contributed by atoms with Crippen LogP contribution in [0, 0.1) is 0 Å². The molecule has 0 fully saturated rings. The molecule has 2 nitrogen and oxygen atoms in total. The quantitative estimate of drug-likeness (QED) is 0.170. The molecule has 0 unspecified atom stereocenters. The summed E-state index contributed by atoms with van der Waals surface area (Å²) in [5, 5.41) is 2.32. The van der Waals surface area contributed by atoms with Crippen LogP contribution in [0.2, 0.25) is 0 Å². The highest BCUT2D eigenvalue weighted by Gasteiger charge is 2.38. The zero-order valence-corrected chi connectivity index (χ0v) is 32.9. The fraction of sp³-hybridized carbons (Fsp3) is 0.148. The normalized spacial score (nSPS) is 15.1. The van der Waals surface area contributed by atoms with Crippen LogP contribution in [0.5, 0.6) is 0 Å². The van der Waals surface area contributed by atoms with Crippen molar-refractivity contribution in [3.63, 3.8) is 0 Å². The number of furan rings is 1. The Morgan fingerprint density at radius 1 is 0.518 bits per heavy atom. The molecule has 1 heterocycles. The smallest absolute Gasteiger partial charge is 0.143 e. The Morgan fingerprint density at radius 3 is 1.82 bits per heavy atom. The summed E-state index contributed by atoms with van der Waals surface area (Å²) in [7, 11) is 0. The molecule has 2 aliphatic carbocycles. The predicted octanol–water partition coefficient (Wildman–Crippen LogP) is 15.3. The first-order chi connectivity index (χ1) is 27.2. The van der Waals surface area contributed by atoms with Gasteiger partial charge in [-0.15, -0.1) is 0 Å². The fourth-order valence-electron chi connectivity index (χ4n) is 9.49. The summed E-state index contributed by atoms with van der Waals surface area (Å²) >= 11 is 0. The van der Waals surface area contributed by atoms with Crippen LogP contribution in [0.3, 0.4) is 0 Å². The van der Waals surface area contributed by atoms with Gasteiger partial charge in [-0.2, -0.15) is 0 Å². The van der Waals surface area contributed by atoms with E-state index in [4.69, 9.17) is 4.42 Å². The molecule has 0 amide bonds. The Balaban J connectivity index is 1.08. The first-order valence-electron chi connectivity index (χ1n) is 19.8. The highest BCUT2D eigenvalue weighted by atomic mass is 16.3. The first-order valence-corrected chi connectivity index (χ1v) is 19.8. The first kappa shape index (κ1) is 34.1. The van der Waals surface area contributed by atoms with Crippen molar-refractivity contribution in [1.29, 1.82) is 0 Å². The third-order valence-electron chi connectivity index (χ3n) is 12.8. The molecule has 0 atom stereocenters. The molecule has 2 aliphatic rings. The van der Waals surface area contributed by atoms with Crippen molar-refractivity contribution < 1.29 is 4.42 Å². The van der Waals surface area contributed by atoms with Crippen LogP contribution in [0.25, 0.3) is 60.9 Å². The molecule has 1 aromatic heterocycles. The zero-order valence-electron chi connectivity index (χ0n) is 32.9. The standard InChI is InChI=1S/C54H45NO/c1-7-14-41-34(2)53(3,4)47-32-31-43-42-30-25-38(33-49(42)56-52(43)51(41)47)37-23-28-40(29-24-37)55(39-26-21-36(22-27-39)35-15-9-8-10-16-35)48-20-13-19-46-50(48)44-17-11-12-18-45(44)54(46,5)6/h7-33H,1-6H3/b14-7-. The van der Waals surface area contributed by atoms with E-state index in [1.807, 2.05) is 0 Å². The van der Waals surface area contributed by atoms with E-state index in [1.165, 1.54) is 66.7 Å². The molecule has 0 N–H and O–H groups in total. The van der Waals surface area contributed by atoms with Gasteiger partial charge < -0.3 is 9.32 Å². The molecule has 8 aromatic rings. The molecule has 56 heavy (non-hydrogen) atoms. The number of hydrogen-bond donors (Lipinski definition) is 0. The molecule has 0 saturated heterocycles. The molecule has 10 rings (SSSR count). The van der Waals surface area contributed by atoms with E-state index in [9.17, 15) is 0 Å². The van der Waals surface area contributed by atoms with E-state index in [1.54, 1.807) is 0 Å². The fourth-order valence-corrected chi connectivity index (χ4v) is 9.49. The molecule has 272 valence electrons. The number of rotatable bonds is 6. The number of benzene rings is 7. The van der Waals surface area contributed by atoms with Crippen molar-refractivity contribution in [2.75, 3.05) is 4.90 Å². The maximum Gasteiger partial charge on any atom is 0.143 e. The van der Waals surface area contributed by atoms with Crippen LogP contribution in [0.15, 0.2) is 174 Å². The van der Waals surface area contributed by atoms with Gasteiger partial charge >= 0.3 is 0 Å². The second-order valence-corrected chi connectivity index (χ2v) is 16.5. The molecule has 0 radical (unpaired) electrons. The Morgan fingerprint density at radius 2 is 1.11 bits per heavy atom. The van der Waals surface area contributed by atoms with Gasteiger partial charge in [0.1, 0.15) is 11.2 Å². The number of hydrogen-bond acceptors (Lipinski definition) is 2. The summed E-state index contributed by atoms with van der Waals surface area (Å²) in [6.07, 6.45) is 4.38. The third kappa shape index (κ3) is 5.02. The molecule has 2 heteroatoms. The van der Waals surface area contributed by atoms with Crippen LogP contribution < -0.4 is 4.90 Å². The number of fused-ring (bicyclic) bond motifs is 8. The molecule has 7 aromatic carbocycles. The largest absolute Gasteiger partial charge is 0.455 e. The van der Waals surface area contributed by atoms with Crippen molar-refractivity contribution >= 4 is 44.6 Å². The van der Waals surface area contributed by atoms with Crippen LogP contribution in [0.1, 0.15) is 63.8 Å². The van der Waals surface area contributed by atoms with Gasteiger partial charge in [-0.1, -0.05) is 155 Å². The molecular formula is C54H45NO. The second kappa shape index (κ2) is 12.6. The molecule has 0 spiro atoms. The zero-order chi connectivity index (χ0) is 38.3. The van der Waals surface area contributed by atoms with Crippen LogP contribution in [-0.4, -0.2) is 0 Å². The van der Waals surface area contributed by atoms with Crippen molar-refractivity contribution in [2.24, 2.45) is 0 Å². The average Bonchev–Trinajstić information content (AvgIpc) is 3.78. The van der Waals surface area contributed by atoms with Gasteiger partial charge in [0.25, 0.3) is 0 Å². The number of anilines is 3. The van der Waals surface area contributed by atoms with Gasteiger partial charge in [0.2, 0.25) is 0 Å². The van der Waals surface area contributed by atoms with Gasteiger partial charge in [-0.25, -0.2) is 0 Å². The van der Waals surface area contributed by atoms with Gasteiger partial charge in [0, 0.05) is 44.1 Å². The topological polar surface area (TPSA) is 16.4 Å². The maximum absolute atomic E-state index is 6.81.